The summed E-state index contributed by atoms with van der Waals surface area (Å²) in [5.74, 6) is 1.42. The third-order valence-corrected chi connectivity index (χ3v) is 4.42. The first kappa shape index (κ1) is 11.4. The summed E-state index contributed by atoms with van der Waals surface area (Å²) in [7, 11) is 0. The van der Waals surface area contributed by atoms with Crippen LogP contribution in [0.15, 0.2) is 0 Å². The number of thioether (sulfide) groups is 1. The van der Waals surface area contributed by atoms with Gasteiger partial charge in [0.15, 0.2) is 0 Å². The van der Waals surface area contributed by atoms with Gasteiger partial charge >= 0.3 is 0 Å². The normalized spacial score (nSPS) is 26.3. The molecule has 0 aliphatic carbocycles. The molecule has 1 heterocycles. The average molecular weight is 200 g/mol. The second-order valence-corrected chi connectivity index (χ2v) is 6.17. The van der Waals surface area contributed by atoms with Gasteiger partial charge in [-0.3, -0.25) is 0 Å². The molecule has 0 amide bonds. The minimum absolute atomic E-state index is 0.712. The molecule has 0 aromatic heterocycles. The molecular weight excluding hydrogens is 176 g/mol. The van der Waals surface area contributed by atoms with E-state index in [9.17, 15) is 0 Å². The molecule has 78 valence electrons. The molecule has 0 N–H and O–H groups in total. The van der Waals surface area contributed by atoms with E-state index >= 15 is 0 Å². The van der Waals surface area contributed by atoms with Gasteiger partial charge in [0, 0.05) is 10.5 Å². The third kappa shape index (κ3) is 5.61. The van der Waals surface area contributed by atoms with Gasteiger partial charge in [-0.05, 0) is 13.3 Å². The highest BCUT2D eigenvalue weighted by atomic mass is 32.2. The lowest BCUT2D eigenvalue weighted by molar-refractivity contribution is 0.555. The zero-order valence-corrected chi connectivity index (χ0v) is 10.1. The van der Waals surface area contributed by atoms with E-state index in [4.69, 9.17) is 0 Å². The van der Waals surface area contributed by atoms with Gasteiger partial charge in [-0.1, -0.05) is 51.9 Å². The lowest BCUT2D eigenvalue weighted by atomic mass is 10.0. The quantitative estimate of drug-likeness (QED) is 0.406. The molecule has 1 unspecified atom stereocenters. The summed E-state index contributed by atoms with van der Waals surface area (Å²) >= 11 is 2.14. The van der Waals surface area contributed by atoms with E-state index in [1.165, 1.54) is 57.1 Å². The van der Waals surface area contributed by atoms with Crippen LogP contribution >= 0.6 is 11.8 Å². The maximum Gasteiger partial charge on any atom is 0.0223 e. The van der Waals surface area contributed by atoms with E-state index in [1.807, 2.05) is 0 Å². The van der Waals surface area contributed by atoms with Crippen molar-refractivity contribution in [2.24, 2.45) is 0 Å². The van der Waals surface area contributed by atoms with E-state index in [0.29, 0.717) is 4.75 Å². The molecule has 0 aromatic carbocycles. The van der Waals surface area contributed by atoms with Crippen molar-refractivity contribution in [3.63, 3.8) is 0 Å². The van der Waals surface area contributed by atoms with Crippen LogP contribution in [0, 0.1) is 0 Å². The molecule has 1 saturated heterocycles. The molecule has 1 rings (SSSR count). The van der Waals surface area contributed by atoms with Crippen LogP contribution in [0.3, 0.4) is 0 Å². The van der Waals surface area contributed by atoms with Crippen molar-refractivity contribution in [3.05, 3.63) is 0 Å². The van der Waals surface area contributed by atoms with Crippen LogP contribution in [0.2, 0.25) is 0 Å². The Morgan fingerprint density at radius 2 is 1.54 bits per heavy atom. The van der Waals surface area contributed by atoms with Crippen molar-refractivity contribution in [3.8, 4) is 0 Å². The molecule has 1 atom stereocenters. The van der Waals surface area contributed by atoms with Crippen LogP contribution in [-0.4, -0.2) is 10.5 Å². The molecule has 1 fully saturated rings. The van der Waals surface area contributed by atoms with Crippen LogP contribution in [-0.2, 0) is 0 Å². The fourth-order valence-electron chi connectivity index (χ4n) is 1.72. The highest BCUT2D eigenvalue weighted by Crippen LogP contribution is 2.47. The summed E-state index contributed by atoms with van der Waals surface area (Å²) in [5, 5.41) is 0. The van der Waals surface area contributed by atoms with E-state index in [0.717, 1.165) is 0 Å². The van der Waals surface area contributed by atoms with Crippen molar-refractivity contribution >= 4 is 11.8 Å². The number of unbranched alkanes of at least 4 members (excludes halogenated alkanes) is 6. The van der Waals surface area contributed by atoms with E-state index < -0.39 is 0 Å². The Balaban J connectivity index is 1.74. The first-order chi connectivity index (χ1) is 6.27. The summed E-state index contributed by atoms with van der Waals surface area (Å²) in [4.78, 5) is 0. The Morgan fingerprint density at radius 3 is 2.08 bits per heavy atom. The Labute approximate surface area is 87.9 Å². The van der Waals surface area contributed by atoms with Crippen molar-refractivity contribution in [2.75, 3.05) is 5.75 Å². The van der Waals surface area contributed by atoms with E-state index in [1.54, 1.807) is 0 Å². The lowest BCUT2D eigenvalue weighted by Crippen LogP contribution is -2.00. The minimum Gasteiger partial charge on any atom is -0.153 e. The molecule has 0 bridgehead atoms. The highest BCUT2D eigenvalue weighted by molar-refractivity contribution is 8.07. The van der Waals surface area contributed by atoms with Gasteiger partial charge in [0.05, 0.1) is 0 Å². The van der Waals surface area contributed by atoms with Gasteiger partial charge < -0.3 is 0 Å². The zero-order valence-electron chi connectivity index (χ0n) is 9.27. The topological polar surface area (TPSA) is 0 Å². The van der Waals surface area contributed by atoms with E-state index in [-0.39, 0.29) is 0 Å². The Kier molecular flexibility index (Phi) is 5.23. The van der Waals surface area contributed by atoms with Gasteiger partial charge in [0.1, 0.15) is 0 Å². The number of rotatable bonds is 8. The van der Waals surface area contributed by atoms with Crippen LogP contribution in [0.4, 0.5) is 0 Å². The predicted molar refractivity (Wildman–Crippen MR) is 63.5 cm³/mol. The molecule has 0 nitrogen and oxygen atoms in total. The number of hydrogen-bond donors (Lipinski definition) is 0. The lowest BCUT2D eigenvalue weighted by Gasteiger charge is -2.05. The van der Waals surface area contributed by atoms with Gasteiger partial charge in [0.25, 0.3) is 0 Å². The summed E-state index contributed by atoms with van der Waals surface area (Å²) in [6.07, 6.45) is 11.6. The molecule has 0 aromatic rings. The summed E-state index contributed by atoms with van der Waals surface area (Å²) < 4.78 is 0.712. The third-order valence-electron chi connectivity index (χ3n) is 2.95. The SMILES string of the molecule is CCCCCCCCCC1(C)CS1. The second kappa shape index (κ2) is 5.95. The Morgan fingerprint density at radius 1 is 1.00 bits per heavy atom. The largest absolute Gasteiger partial charge is 0.153 e. The second-order valence-electron chi connectivity index (χ2n) is 4.61. The first-order valence-electron chi connectivity index (χ1n) is 5.91. The molecule has 1 heteroatoms. The summed E-state index contributed by atoms with van der Waals surface area (Å²) in [5.41, 5.74) is 0. The van der Waals surface area contributed by atoms with Crippen molar-refractivity contribution in [2.45, 2.75) is 70.0 Å². The molecule has 1 aliphatic rings. The van der Waals surface area contributed by atoms with Crippen LogP contribution in [0.1, 0.15) is 65.2 Å². The molecule has 0 radical (unpaired) electrons. The van der Waals surface area contributed by atoms with E-state index in [2.05, 4.69) is 25.6 Å². The first-order valence-corrected chi connectivity index (χ1v) is 6.89. The number of hydrogen-bond acceptors (Lipinski definition) is 1. The summed E-state index contributed by atoms with van der Waals surface area (Å²) in [6.45, 7) is 4.69. The van der Waals surface area contributed by atoms with Crippen LogP contribution < -0.4 is 0 Å². The van der Waals surface area contributed by atoms with Gasteiger partial charge in [0.2, 0.25) is 0 Å². The maximum absolute atomic E-state index is 2.41. The minimum atomic E-state index is 0.712. The Bertz CT molecular complexity index is 127. The monoisotopic (exact) mass is 200 g/mol. The highest BCUT2D eigenvalue weighted by Gasteiger charge is 2.37. The predicted octanol–water partition coefficient (Wildman–Crippen LogP) is 4.63. The van der Waals surface area contributed by atoms with Crippen molar-refractivity contribution in [1.29, 1.82) is 0 Å². The van der Waals surface area contributed by atoms with Gasteiger partial charge in [-0.25, -0.2) is 0 Å². The van der Waals surface area contributed by atoms with Gasteiger partial charge in [-0.15, -0.1) is 0 Å². The fourth-order valence-corrected chi connectivity index (χ4v) is 2.40. The Hall–Kier alpha value is 0.350. The van der Waals surface area contributed by atoms with Crippen molar-refractivity contribution < 1.29 is 0 Å². The van der Waals surface area contributed by atoms with Crippen molar-refractivity contribution in [1.82, 2.24) is 0 Å². The van der Waals surface area contributed by atoms with Gasteiger partial charge in [-0.2, -0.15) is 11.8 Å². The molecule has 0 spiro atoms. The molecular formula is C12H24S. The molecule has 1 aliphatic heterocycles. The van der Waals surface area contributed by atoms with Crippen LogP contribution in [0.5, 0.6) is 0 Å². The smallest absolute Gasteiger partial charge is 0.0223 e. The maximum atomic E-state index is 2.41. The average Bonchev–Trinajstić information content (AvgIpc) is 2.83. The molecule has 13 heavy (non-hydrogen) atoms. The zero-order chi connectivity index (χ0) is 9.57. The fraction of sp³-hybridized carbons (Fsp3) is 1.00. The summed E-state index contributed by atoms with van der Waals surface area (Å²) in [6, 6.07) is 0. The van der Waals surface area contributed by atoms with Crippen LogP contribution in [0.25, 0.3) is 0 Å². The standard InChI is InChI=1S/C12H24S/c1-3-4-5-6-7-8-9-10-12(2)11-13-12/h3-11H2,1-2H3. The molecule has 0 saturated carbocycles.